The molecule has 9 heavy (non-hydrogen) atoms. The van der Waals surface area contributed by atoms with Gasteiger partial charge in [0.2, 0.25) is 0 Å². The first kappa shape index (κ1) is 8.76. The molecule has 0 aromatic rings. The Bertz CT molecular complexity index is 103. The molecular formula is C8H14Ge. The standard InChI is InChI=1S/C8H14Ge/c1-5-9(6-2,7-3)8-4/h5-7H,1-3,8H2,4H3. The fourth-order valence-corrected chi connectivity index (χ4v) is 3.55. The summed E-state index contributed by atoms with van der Waals surface area (Å²) < 4.78 is 0. The number of hydrogen-bond donors (Lipinski definition) is 0. The molecule has 0 N–H and O–H groups in total. The molecule has 0 aliphatic rings. The van der Waals surface area contributed by atoms with Gasteiger partial charge in [-0.2, -0.15) is 0 Å². The second-order valence-corrected chi connectivity index (χ2v) is 10.8. The molecule has 0 bridgehead atoms. The van der Waals surface area contributed by atoms with Gasteiger partial charge < -0.3 is 0 Å². The molecule has 0 spiro atoms. The van der Waals surface area contributed by atoms with Gasteiger partial charge in [-0.05, 0) is 0 Å². The number of rotatable bonds is 4. The maximum atomic E-state index is 3.79. The zero-order chi connectivity index (χ0) is 7.33. The summed E-state index contributed by atoms with van der Waals surface area (Å²) in [6.07, 6.45) is 0. The van der Waals surface area contributed by atoms with Crippen LogP contribution in [0.1, 0.15) is 6.92 Å². The van der Waals surface area contributed by atoms with Crippen LogP contribution in [-0.2, 0) is 0 Å². The van der Waals surface area contributed by atoms with Crippen molar-refractivity contribution in [3.05, 3.63) is 34.5 Å². The van der Waals surface area contributed by atoms with E-state index in [-0.39, 0.29) is 0 Å². The third-order valence-electron chi connectivity index (χ3n) is 1.75. The van der Waals surface area contributed by atoms with E-state index >= 15 is 0 Å². The molecule has 0 amide bonds. The molecule has 0 aliphatic carbocycles. The molecule has 0 fully saturated rings. The predicted molar refractivity (Wildman–Crippen MR) is 46.8 cm³/mol. The van der Waals surface area contributed by atoms with E-state index < -0.39 is 13.3 Å². The van der Waals surface area contributed by atoms with Crippen molar-refractivity contribution < 1.29 is 0 Å². The third kappa shape index (κ3) is 1.86. The van der Waals surface area contributed by atoms with Crippen LogP contribution in [0.3, 0.4) is 0 Å². The molecule has 0 aromatic heterocycles. The van der Waals surface area contributed by atoms with Crippen molar-refractivity contribution in [1.82, 2.24) is 0 Å². The van der Waals surface area contributed by atoms with Gasteiger partial charge in [-0.25, -0.2) is 0 Å². The van der Waals surface area contributed by atoms with E-state index in [4.69, 9.17) is 0 Å². The van der Waals surface area contributed by atoms with Gasteiger partial charge in [0.05, 0.1) is 0 Å². The maximum absolute atomic E-state index is 3.79. The summed E-state index contributed by atoms with van der Waals surface area (Å²) in [5.41, 5.74) is 0. The second kappa shape index (κ2) is 3.73. The van der Waals surface area contributed by atoms with Crippen LogP contribution in [0, 0.1) is 0 Å². The molecule has 0 nitrogen and oxygen atoms in total. The molecule has 0 saturated heterocycles. The van der Waals surface area contributed by atoms with E-state index in [0.29, 0.717) is 0 Å². The van der Waals surface area contributed by atoms with Crippen LogP contribution < -0.4 is 0 Å². The molecule has 0 atom stereocenters. The summed E-state index contributed by atoms with van der Waals surface area (Å²) in [5.74, 6) is 0. The van der Waals surface area contributed by atoms with Crippen molar-refractivity contribution in [3.63, 3.8) is 0 Å². The summed E-state index contributed by atoms with van der Waals surface area (Å²) in [6, 6.07) is 0. The molecule has 0 saturated carbocycles. The average molecular weight is 183 g/mol. The van der Waals surface area contributed by atoms with Gasteiger partial charge in [-0.3, -0.25) is 0 Å². The fraction of sp³-hybridized carbons (Fsp3) is 0.250. The van der Waals surface area contributed by atoms with E-state index in [1.54, 1.807) is 0 Å². The molecule has 1 heteroatoms. The van der Waals surface area contributed by atoms with Crippen molar-refractivity contribution >= 4 is 13.3 Å². The monoisotopic (exact) mass is 184 g/mol. The van der Waals surface area contributed by atoms with E-state index in [9.17, 15) is 0 Å². The Labute approximate surface area is 60.3 Å². The van der Waals surface area contributed by atoms with Crippen LogP contribution in [0.2, 0.25) is 5.25 Å². The van der Waals surface area contributed by atoms with Gasteiger partial charge in [0.15, 0.2) is 0 Å². The van der Waals surface area contributed by atoms with Gasteiger partial charge >= 0.3 is 59.9 Å². The normalized spacial score (nSPS) is 10.3. The Morgan fingerprint density at radius 1 is 1.11 bits per heavy atom. The Kier molecular flexibility index (Phi) is 3.63. The SMILES string of the molecule is C=[CH][Ge]([CH]=C)([CH]=C)[CH2]C. The van der Waals surface area contributed by atoms with Crippen molar-refractivity contribution in [1.29, 1.82) is 0 Å². The molecule has 0 heterocycles. The van der Waals surface area contributed by atoms with E-state index in [1.165, 1.54) is 5.25 Å². The fourth-order valence-electron chi connectivity index (χ4n) is 0.683. The Balaban J connectivity index is 4.34. The summed E-state index contributed by atoms with van der Waals surface area (Å²) in [7, 11) is 0. The first-order valence-corrected chi connectivity index (χ1v) is 8.27. The average Bonchev–Trinajstić information content (AvgIpc) is 1.95. The Morgan fingerprint density at radius 3 is 1.44 bits per heavy atom. The molecule has 50 valence electrons. The van der Waals surface area contributed by atoms with Gasteiger partial charge in [-0.15, -0.1) is 0 Å². The van der Waals surface area contributed by atoms with E-state index in [0.717, 1.165) is 0 Å². The van der Waals surface area contributed by atoms with Crippen LogP contribution >= 0.6 is 0 Å². The quantitative estimate of drug-likeness (QED) is 0.587. The predicted octanol–water partition coefficient (Wildman–Crippen LogP) is 2.63. The van der Waals surface area contributed by atoms with Crippen LogP contribution in [-0.4, -0.2) is 13.3 Å². The molecule has 0 radical (unpaired) electrons. The van der Waals surface area contributed by atoms with E-state index in [2.05, 4.69) is 41.4 Å². The molecular weight excluding hydrogens is 169 g/mol. The first-order valence-electron chi connectivity index (χ1n) is 3.15. The molecule has 0 unspecified atom stereocenters. The Hall–Kier alpha value is -0.237. The van der Waals surface area contributed by atoms with Gasteiger partial charge in [0.1, 0.15) is 0 Å². The summed E-state index contributed by atoms with van der Waals surface area (Å²) >= 11 is -1.87. The van der Waals surface area contributed by atoms with Crippen molar-refractivity contribution in [3.8, 4) is 0 Å². The zero-order valence-corrected chi connectivity index (χ0v) is 8.16. The van der Waals surface area contributed by atoms with Gasteiger partial charge in [0.25, 0.3) is 0 Å². The third-order valence-corrected chi connectivity index (χ3v) is 9.11. The van der Waals surface area contributed by atoms with Crippen LogP contribution in [0.4, 0.5) is 0 Å². The van der Waals surface area contributed by atoms with Crippen molar-refractivity contribution in [2.75, 3.05) is 0 Å². The zero-order valence-electron chi connectivity index (χ0n) is 6.06. The number of hydrogen-bond acceptors (Lipinski definition) is 0. The first-order chi connectivity index (χ1) is 4.24. The summed E-state index contributed by atoms with van der Waals surface area (Å²) in [6.45, 7) is 13.5. The minimum absolute atomic E-state index is 1.18. The van der Waals surface area contributed by atoms with Crippen LogP contribution in [0.15, 0.2) is 34.5 Å². The van der Waals surface area contributed by atoms with Crippen LogP contribution in [0.5, 0.6) is 0 Å². The summed E-state index contributed by atoms with van der Waals surface area (Å²) in [5, 5.41) is 1.18. The van der Waals surface area contributed by atoms with Crippen molar-refractivity contribution in [2.24, 2.45) is 0 Å². The van der Waals surface area contributed by atoms with Crippen molar-refractivity contribution in [2.45, 2.75) is 12.2 Å². The topological polar surface area (TPSA) is 0 Å². The molecule has 0 aromatic carbocycles. The minimum atomic E-state index is -1.87. The van der Waals surface area contributed by atoms with Gasteiger partial charge in [0, 0.05) is 0 Å². The molecule has 0 aliphatic heterocycles. The summed E-state index contributed by atoms with van der Waals surface area (Å²) in [4.78, 5) is 6.17. The molecule has 0 rings (SSSR count). The van der Waals surface area contributed by atoms with Gasteiger partial charge in [-0.1, -0.05) is 0 Å². The second-order valence-electron chi connectivity index (χ2n) is 2.08. The Morgan fingerprint density at radius 2 is 1.44 bits per heavy atom. The van der Waals surface area contributed by atoms with E-state index in [1.807, 2.05) is 0 Å². The van der Waals surface area contributed by atoms with Crippen LogP contribution in [0.25, 0.3) is 0 Å².